The van der Waals surface area contributed by atoms with Crippen molar-refractivity contribution in [2.75, 3.05) is 31.5 Å². The van der Waals surface area contributed by atoms with Gasteiger partial charge in [-0.2, -0.15) is 0 Å². The van der Waals surface area contributed by atoms with Gasteiger partial charge in [0, 0.05) is 53.7 Å². The van der Waals surface area contributed by atoms with Gasteiger partial charge in [0.15, 0.2) is 6.54 Å². The van der Waals surface area contributed by atoms with Crippen LogP contribution in [-0.2, 0) is 11.2 Å². The van der Waals surface area contributed by atoms with Crippen molar-refractivity contribution >= 4 is 28.6 Å². The lowest BCUT2D eigenvalue weighted by Crippen LogP contribution is -3.14. The molecule has 4 rings (SSSR count). The minimum atomic E-state index is -0.416. The molecule has 2 aromatic rings. The second kappa shape index (κ2) is 8.28. The van der Waals surface area contributed by atoms with Crippen molar-refractivity contribution in [3.63, 3.8) is 0 Å². The number of carbonyl (C=O) groups is 1. The van der Waals surface area contributed by atoms with E-state index in [1.807, 2.05) is 11.3 Å². The van der Waals surface area contributed by atoms with E-state index in [4.69, 9.17) is 0 Å². The van der Waals surface area contributed by atoms with Gasteiger partial charge in [0.2, 0.25) is 0 Å². The topological polar surface area (TPSA) is 88.7 Å². The van der Waals surface area contributed by atoms with Gasteiger partial charge in [-0.25, -0.2) is 0 Å². The van der Waals surface area contributed by atoms with Crippen LogP contribution in [0.1, 0.15) is 29.3 Å². The zero-order valence-corrected chi connectivity index (χ0v) is 16.5. The standard InChI is InChI=1S/C20H24N4O3S/c25-19(22-10-9-21-15-3-5-16(6-4-15)24(26)27)13-23-11-7-18-17(8-12-28-18)20(23)14-1-2-14/h3-6,8,12,14,20-21H,1-2,7,9-11,13H2,(H,22,25)/p+1/t20-/m1/s1. The number of rotatable bonds is 8. The number of carbonyl (C=O) groups excluding carboxylic acids is 1. The highest BCUT2D eigenvalue weighted by Gasteiger charge is 2.43. The number of nitro groups is 1. The zero-order valence-electron chi connectivity index (χ0n) is 15.6. The molecule has 1 amide bonds. The first kappa shape index (κ1) is 18.9. The molecular formula is C20H25N4O3S+. The molecule has 1 aliphatic carbocycles. The van der Waals surface area contributed by atoms with E-state index in [-0.39, 0.29) is 11.6 Å². The highest BCUT2D eigenvalue weighted by molar-refractivity contribution is 7.10. The predicted molar refractivity (Wildman–Crippen MR) is 109 cm³/mol. The third kappa shape index (κ3) is 4.34. The van der Waals surface area contributed by atoms with Crippen molar-refractivity contribution in [1.29, 1.82) is 0 Å². The molecule has 1 fully saturated rings. The fourth-order valence-corrected chi connectivity index (χ4v) is 5.00. The highest BCUT2D eigenvalue weighted by Crippen LogP contribution is 2.42. The minimum absolute atomic E-state index is 0.0716. The number of non-ortho nitro benzene ring substituents is 1. The summed E-state index contributed by atoms with van der Waals surface area (Å²) in [6.07, 6.45) is 3.63. The summed E-state index contributed by atoms with van der Waals surface area (Å²) in [5.41, 5.74) is 2.35. The zero-order chi connectivity index (χ0) is 19.5. The Bertz CT molecular complexity index is 847. The molecule has 8 heteroatoms. The van der Waals surface area contributed by atoms with Gasteiger partial charge >= 0.3 is 0 Å². The molecule has 1 unspecified atom stereocenters. The fourth-order valence-electron chi connectivity index (χ4n) is 4.07. The van der Waals surface area contributed by atoms with Gasteiger partial charge in [0.05, 0.1) is 11.5 Å². The maximum atomic E-state index is 12.4. The van der Waals surface area contributed by atoms with Crippen molar-refractivity contribution in [3.8, 4) is 0 Å². The molecule has 1 aliphatic heterocycles. The van der Waals surface area contributed by atoms with Gasteiger partial charge in [0.1, 0.15) is 6.04 Å². The average molecular weight is 402 g/mol. The largest absolute Gasteiger partial charge is 0.383 e. The number of nitro benzene ring substituents is 1. The van der Waals surface area contributed by atoms with Gasteiger partial charge in [0.25, 0.3) is 11.6 Å². The number of hydrogen-bond acceptors (Lipinski definition) is 5. The molecule has 3 N–H and O–H groups in total. The maximum absolute atomic E-state index is 12.4. The molecule has 28 heavy (non-hydrogen) atoms. The third-order valence-electron chi connectivity index (χ3n) is 5.56. The van der Waals surface area contributed by atoms with Crippen molar-refractivity contribution in [3.05, 3.63) is 56.3 Å². The van der Waals surface area contributed by atoms with E-state index in [9.17, 15) is 14.9 Å². The van der Waals surface area contributed by atoms with Crippen LogP contribution in [0.4, 0.5) is 11.4 Å². The summed E-state index contributed by atoms with van der Waals surface area (Å²) in [4.78, 5) is 25.6. The number of fused-ring (bicyclic) bond motifs is 1. The van der Waals surface area contributed by atoms with Gasteiger partial charge < -0.3 is 15.5 Å². The fraction of sp³-hybridized carbons (Fsp3) is 0.450. The maximum Gasteiger partial charge on any atom is 0.275 e. The quantitative estimate of drug-likeness (QED) is 0.357. The van der Waals surface area contributed by atoms with Crippen molar-refractivity contribution < 1.29 is 14.6 Å². The Morgan fingerprint density at radius 2 is 2.00 bits per heavy atom. The van der Waals surface area contributed by atoms with E-state index < -0.39 is 4.92 Å². The SMILES string of the molecule is O=C(C[NH+]1CCc2sccc2[C@H]1C1CC1)NCCNc1ccc([N+](=O)[O-])cc1. The van der Waals surface area contributed by atoms with E-state index in [2.05, 4.69) is 22.1 Å². The number of benzene rings is 1. The number of nitrogens with zero attached hydrogens (tertiary/aromatic N) is 1. The Labute approximate surface area is 167 Å². The molecule has 0 radical (unpaired) electrons. The summed E-state index contributed by atoms with van der Waals surface area (Å²) < 4.78 is 0. The summed E-state index contributed by atoms with van der Waals surface area (Å²) in [7, 11) is 0. The number of thiophene rings is 1. The first-order chi connectivity index (χ1) is 13.6. The molecule has 2 atom stereocenters. The van der Waals surface area contributed by atoms with Crippen LogP contribution in [0.2, 0.25) is 0 Å². The van der Waals surface area contributed by atoms with Crippen molar-refractivity contribution in [2.45, 2.75) is 25.3 Å². The summed E-state index contributed by atoms with van der Waals surface area (Å²) in [5.74, 6) is 0.824. The summed E-state index contributed by atoms with van der Waals surface area (Å²) in [6, 6.07) is 9.04. The molecular weight excluding hydrogens is 376 g/mol. The molecule has 1 aromatic heterocycles. The van der Waals surface area contributed by atoms with Gasteiger partial charge in [-0.1, -0.05) is 0 Å². The van der Waals surface area contributed by atoms with Crippen LogP contribution in [0.5, 0.6) is 0 Å². The number of nitrogens with one attached hydrogen (secondary N) is 3. The first-order valence-corrected chi connectivity index (χ1v) is 10.7. The number of hydrogen-bond donors (Lipinski definition) is 3. The Morgan fingerprint density at radius 3 is 2.71 bits per heavy atom. The third-order valence-corrected chi connectivity index (χ3v) is 6.56. The van der Waals surface area contributed by atoms with Crippen molar-refractivity contribution in [2.24, 2.45) is 5.92 Å². The second-order valence-electron chi connectivity index (χ2n) is 7.53. The Balaban J connectivity index is 1.23. The van der Waals surface area contributed by atoms with Crippen molar-refractivity contribution in [1.82, 2.24) is 5.32 Å². The Hall–Kier alpha value is -2.45. The van der Waals surface area contributed by atoms with Crippen LogP contribution in [0.3, 0.4) is 0 Å². The predicted octanol–water partition coefficient (Wildman–Crippen LogP) is 1.78. The highest BCUT2D eigenvalue weighted by atomic mass is 32.1. The minimum Gasteiger partial charge on any atom is -0.383 e. The normalized spacial score (nSPS) is 21.0. The summed E-state index contributed by atoms with van der Waals surface area (Å²) in [6.45, 7) is 2.66. The van der Waals surface area contributed by atoms with Gasteiger partial charge in [-0.3, -0.25) is 14.9 Å². The van der Waals surface area contributed by atoms with Gasteiger partial charge in [-0.05, 0) is 36.4 Å². The smallest absolute Gasteiger partial charge is 0.275 e. The van der Waals surface area contributed by atoms with Crippen LogP contribution >= 0.6 is 11.3 Å². The molecule has 0 saturated heterocycles. The molecule has 2 aliphatic rings. The number of amides is 1. The second-order valence-corrected chi connectivity index (χ2v) is 8.53. The monoisotopic (exact) mass is 401 g/mol. The number of anilines is 1. The van der Waals surface area contributed by atoms with Crippen LogP contribution in [0, 0.1) is 16.0 Å². The van der Waals surface area contributed by atoms with E-state index >= 15 is 0 Å². The lowest BCUT2D eigenvalue weighted by atomic mass is 9.96. The molecule has 0 bridgehead atoms. The van der Waals surface area contributed by atoms with E-state index in [1.165, 1.54) is 40.3 Å². The van der Waals surface area contributed by atoms with Crippen LogP contribution in [0.15, 0.2) is 35.7 Å². The van der Waals surface area contributed by atoms with E-state index in [0.717, 1.165) is 24.6 Å². The first-order valence-electron chi connectivity index (χ1n) is 9.77. The molecule has 7 nitrogen and oxygen atoms in total. The summed E-state index contributed by atoms with van der Waals surface area (Å²) >= 11 is 1.85. The lowest BCUT2D eigenvalue weighted by molar-refractivity contribution is -0.928. The summed E-state index contributed by atoms with van der Waals surface area (Å²) in [5, 5.41) is 19.0. The number of quaternary nitrogens is 1. The van der Waals surface area contributed by atoms with Crippen LogP contribution < -0.4 is 15.5 Å². The molecule has 0 spiro atoms. The molecule has 148 valence electrons. The van der Waals surface area contributed by atoms with E-state index in [1.54, 1.807) is 12.1 Å². The average Bonchev–Trinajstić information content (AvgIpc) is 3.41. The van der Waals surface area contributed by atoms with Gasteiger partial charge in [-0.15, -0.1) is 11.3 Å². The molecule has 1 aromatic carbocycles. The Morgan fingerprint density at radius 1 is 1.21 bits per heavy atom. The van der Waals surface area contributed by atoms with Crippen LogP contribution in [0.25, 0.3) is 0 Å². The molecule has 2 heterocycles. The Kier molecular flexibility index (Phi) is 5.59. The van der Waals surface area contributed by atoms with Crippen LogP contribution in [-0.4, -0.2) is 37.0 Å². The van der Waals surface area contributed by atoms with E-state index in [0.29, 0.717) is 25.7 Å². The lowest BCUT2D eigenvalue weighted by Gasteiger charge is -2.32. The molecule has 1 saturated carbocycles.